The predicted molar refractivity (Wildman–Crippen MR) is 74.8 cm³/mol. The summed E-state index contributed by atoms with van der Waals surface area (Å²) in [5.41, 5.74) is 2.89. The summed E-state index contributed by atoms with van der Waals surface area (Å²) in [5.74, 6) is 0.929. The average Bonchev–Trinajstić information content (AvgIpc) is 2.86. The molecule has 3 rings (SSSR count). The second kappa shape index (κ2) is 5.12. The van der Waals surface area contributed by atoms with Crippen molar-refractivity contribution in [2.45, 2.75) is 26.8 Å². The standard InChI is InChI=1S/C16H18N2O2/c1-11-7-12(2)16-14(8-11)15(19)13(3-6-20-16)9-18-5-4-17-10-18/h4-5,7-8,10,13H,3,6,9H2,1-2H3/p+1. The number of H-pyrrole nitrogens is 1. The molecule has 1 unspecified atom stereocenters. The number of carbonyl (C=O) groups is 1. The van der Waals surface area contributed by atoms with Crippen molar-refractivity contribution in [1.29, 1.82) is 0 Å². The normalized spacial score (nSPS) is 18.3. The Morgan fingerprint density at radius 3 is 3.00 bits per heavy atom. The molecule has 1 N–H and O–H groups in total. The van der Waals surface area contributed by atoms with Gasteiger partial charge in [0.05, 0.1) is 18.1 Å². The van der Waals surface area contributed by atoms with Crippen molar-refractivity contribution in [3.63, 3.8) is 0 Å². The van der Waals surface area contributed by atoms with Crippen molar-refractivity contribution in [3.05, 3.63) is 47.5 Å². The molecule has 1 atom stereocenters. The van der Waals surface area contributed by atoms with Crippen molar-refractivity contribution in [3.8, 4) is 5.75 Å². The number of benzene rings is 1. The number of hydrogen-bond acceptors (Lipinski definition) is 2. The first-order valence-electron chi connectivity index (χ1n) is 6.95. The lowest BCUT2D eigenvalue weighted by Crippen LogP contribution is -2.38. The Morgan fingerprint density at radius 2 is 2.25 bits per heavy atom. The molecule has 0 aliphatic carbocycles. The van der Waals surface area contributed by atoms with Gasteiger partial charge in [-0.25, -0.2) is 4.57 Å². The Bertz CT molecular complexity index is 632. The maximum absolute atomic E-state index is 12.8. The van der Waals surface area contributed by atoms with Crippen LogP contribution in [-0.2, 0) is 6.54 Å². The molecule has 2 aromatic rings. The summed E-state index contributed by atoms with van der Waals surface area (Å²) in [6.45, 7) is 5.30. The van der Waals surface area contributed by atoms with E-state index in [4.69, 9.17) is 4.74 Å². The summed E-state index contributed by atoms with van der Waals surface area (Å²) in [5, 5.41) is 0. The van der Waals surface area contributed by atoms with Gasteiger partial charge < -0.3 is 4.74 Å². The number of ketones is 1. The van der Waals surface area contributed by atoms with Gasteiger partial charge in [0.15, 0.2) is 5.78 Å². The fourth-order valence-corrected chi connectivity index (χ4v) is 2.85. The molecule has 1 aliphatic rings. The molecule has 4 nitrogen and oxygen atoms in total. The summed E-state index contributed by atoms with van der Waals surface area (Å²) in [6, 6.07) is 4.01. The summed E-state index contributed by atoms with van der Waals surface area (Å²) >= 11 is 0. The Kier molecular flexibility index (Phi) is 3.30. The molecule has 0 bridgehead atoms. The molecule has 0 radical (unpaired) electrons. The van der Waals surface area contributed by atoms with E-state index < -0.39 is 0 Å². The summed E-state index contributed by atoms with van der Waals surface area (Å²) in [4.78, 5) is 15.8. The second-order valence-electron chi connectivity index (χ2n) is 5.47. The lowest BCUT2D eigenvalue weighted by atomic mass is 9.93. The lowest BCUT2D eigenvalue weighted by Gasteiger charge is -2.12. The quantitative estimate of drug-likeness (QED) is 0.851. The maximum Gasteiger partial charge on any atom is 0.241 e. The zero-order valence-corrected chi connectivity index (χ0v) is 11.8. The van der Waals surface area contributed by atoms with Crippen LogP contribution in [0.15, 0.2) is 30.9 Å². The average molecular weight is 271 g/mol. The molecule has 0 spiro atoms. The van der Waals surface area contributed by atoms with E-state index in [1.807, 2.05) is 43.2 Å². The number of Topliss-reactive ketones (excluding diaryl/α,β-unsaturated/α-hetero) is 1. The van der Waals surface area contributed by atoms with Gasteiger partial charge in [0.1, 0.15) is 24.7 Å². The number of aromatic nitrogens is 2. The number of nitrogens with one attached hydrogen (secondary N) is 1. The zero-order valence-electron chi connectivity index (χ0n) is 11.8. The molecule has 1 aliphatic heterocycles. The first-order chi connectivity index (χ1) is 9.65. The topological polar surface area (TPSA) is 46.0 Å². The molecular weight excluding hydrogens is 252 g/mol. The Balaban J connectivity index is 1.95. The Labute approximate surface area is 118 Å². The van der Waals surface area contributed by atoms with E-state index in [2.05, 4.69) is 11.1 Å². The van der Waals surface area contributed by atoms with Gasteiger partial charge in [-0.05, 0) is 37.5 Å². The van der Waals surface area contributed by atoms with E-state index in [9.17, 15) is 4.79 Å². The second-order valence-corrected chi connectivity index (χ2v) is 5.47. The third kappa shape index (κ3) is 2.33. The van der Waals surface area contributed by atoms with Crippen LogP contribution in [0.2, 0.25) is 0 Å². The number of imidazole rings is 1. The van der Waals surface area contributed by atoms with E-state index in [0.717, 1.165) is 28.9 Å². The van der Waals surface area contributed by atoms with Crippen LogP contribution in [0.3, 0.4) is 0 Å². The number of aryl methyl sites for hydroxylation is 2. The Hall–Kier alpha value is -2.10. The van der Waals surface area contributed by atoms with Crippen LogP contribution in [0.4, 0.5) is 0 Å². The van der Waals surface area contributed by atoms with Gasteiger partial charge in [0.25, 0.3) is 0 Å². The lowest BCUT2D eigenvalue weighted by molar-refractivity contribution is -0.699. The SMILES string of the molecule is Cc1cc(C)c2c(c1)C(=O)C(C[n+]1cc[nH]c1)CCO2. The van der Waals surface area contributed by atoms with E-state index in [1.165, 1.54) is 0 Å². The van der Waals surface area contributed by atoms with Crippen molar-refractivity contribution in [2.75, 3.05) is 6.61 Å². The summed E-state index contributed by atoms with van der Waals surface area (Å²) in [6.07, 6.45) is 6.44. The maximum atomic E-state index is 12.8. The third-order valence-electron chi connectivity index (χ3n) is 3.80. The van der Waals surface area contributed by atoms with E-state index >= 15 is 0 Å². The van der Waals surface area contributed by atoms with Crippen LogP contribution in [0, 0.1) is 19.8 Å². The molecule has 4 heteroatoms. The smallest absolute Gasteiger partial charge is 0.241 e. The number of hydrogen-bond donors (Lipinski definition) is 1. The van der Waals surface area contributed by atoms with Crippen molar-refractivity contribution in [1.82, 2.24) is 4.98 Å². The van der Waals surface area contributed by atoms with Gasteiger partial charge >= 0.3 is 0 Å². The monoisotopic (exact) mass is 271 g/mol. The van der Waals surface area contributed by atoms with Gasteiger partial charge in [-0.15, -0.1) is 0 Å². The minimum atomic E-state index is -0.0294. The van der Waals surface area contributed by atoms with Crippen LogP contribution in [-0.4, -0.2) is 17.4 Å². The summed E-state index contributed by atoms with van der Waals surface area (Å²) in [7, 11) is 0. The molecule has 1 aromatic heterocycles. The number of rotatable bonds is 2. The molecule has 20 heavy (non-hydrogen) atoms. The number of ether oxygens (including phenoxy) is 1. The summed E-state index contributed by atoms with van der Waals surface area (Å²) < 4.78 is 7.83. The number of carbonyl (C=O) groups excluding carboxylic acids is 1. The highest BCUT2D eigenvalue weighted by Crippen LogP contribution is 2.31. The van der Waals surface area contributed by atoms with Gasteiger partial charge in [-0.2, -0.15) is 0 Å². The third-order valence-corrected chi connectivity index (χ3v) is 3.80. The van der Waals surface area contributed by atoms with Crippen LogP contribution >= 0.6 is 0 Å². The minimum Gasteiger partial charge on any atom is -0.493 e. The Morgan fingerprint density at radius 1 is 1.40 bits per heavy atom. The molecule has 104 valence electrons. The molecule has 0 saturated heterocycles. The highest BCUT2D eigenvalue weighted by atomic mass is 16.5. The van der Waals surface area contributed by atoms with Gasteiger partial charge in [0.2, 0.25) is 6.33 Å². The molecule has 0 amide bonds. The van der Waals surface area contributed by atoms with Gasteiger partial charge in [-0.3, -0.25) is 9.78 Å². The largest absolute Gasteiger partial charge is 0.493 e. The molecule has 1 aromatic carbocycles. The first-order valence-corrected chi connectivity index (χ1v) is 6.95. The highest BCUT2D eigenvalue weighted by Gasteiger charge is 2.29. The van der Waals surface area contributed by atoms with E-state index in [1.54, 1.807) is 0 Å². The van der Waals surface area contributed by atoms with Crippen LogP contribution in [0.5, 0.6) is 5.75 Å². The van der Waals surface area contributed by atoms with Crippen molar-refractivity contribution < 1.29 is 14.1 Å². The van der Waals surface area contributed by atoms with Crippen molar-refractivity contribution >= 4 is 5.78 Å². The first kappa shape index (κ1) is 12.9. The highest BCUT2D eigenvalue weighted by molar-refractivity contribution is 6.01. The van der Waals surface area contributed by atoms with Crippen molar-refractivity contribution in [2.24, 2.45) is 5.92 Å². The number of nitrogens with zero attached hydrogens (tertiary/aromatic N) is 1. The van der Waals surface area contributed by atoms with Crippen LogP contribution in [0.1, 0.15) is 27.9 Å². The predicted octanol–water partition coefficient (Wildman–Crippen LogP) is 2.20. The zero-order chi connectivity index (χ0) is 14.1. The van der Waals surface area contributed by atoms with Crippen LogP contribution < -0.4 is 9.30 Å². The number of aromatic amines is 1. The fourth-order valence-electron chi connectivity index (χ4n) is 2.85. The van der Waals surface area contributed by atoms with Gasteiger partial charge in [-0.1, -0.05) is 6.07 Å². The molecular formula is C16H19N2O2+. The number of fused-ring (bicyclic) bond motifs is 1. The van der Waals surface area contributed by atoms with E-state index in [0.29, 0.717) is 13.2 Å². The minimum absolute atomic E-state index is 0.0294. The molecule has 0 fully saturated rings. The fraction of sp³-hybridized carbons (Fsp3) is 0.375. The van der Waals surface area contributed by atoms with Crippen LogP contribution in [0.25, 0.3) is 0 Å². The molecule has 2 heterocycles. The van der Waals surface area contributed by atoms with Gasteiger partial charge in [0, 0.05) is 0 Å². The molecule has 0 saturated carbocycles. The van der Waals surface area contributed by atoms with E-state index in [-0.39, 0.29) is 11.7 Å².